The second-order valence-electron chi connectivity index (χ2n) is 7.52. The summed E-state index contributed by atoms with van der Waals surface area (Å²) in [5.41, 5.74) is 2.75. The molecule has 2 fully saturated rings. The van der Waals surface area contributed by atoms with Crippen LogP contribution in [0.2, 0.25) is 0 Å². The summed E-state index contributed by atoms with van der Waals surface area (Å²) < 4.78 is 19.2. The molecule has 1 spiro atoms. The summed E-state index contributed by atoms with van der Waals surface area (Å²) in [5, 5.41) is 1.57. The van der Waals surface area contributed by atoms with Crippen LogP contribution in [0, 0.1) is 5.92 Å². The number of alkyl halides is 1. The molecule has 1 aliphatic heterocycles. The minimum atomic E-state index is -0.343. The van der Waals surface area contributed by atoms with Gasteiger partial charge in [0.05, 0.1) is 25.9 Å². The topological polar surface area (TPSA) is 49.7 Å². The third-order valence-corrected chi connectivity index (χ3v) is 6.75. The smallest absolute Gasteiger partial charge is 0.340 e. The van der Waals surface area contributed by atoms with Gasteiger partial charge in [0, 0.05) is 40.8 Å². The summed E-state index contributed by atoms with van der Waals surface area (Å²) in [6.45, 7) is 3.68. The third kappa shape index (κ3) is 3.22. The van der Waals surface area contributed by atoms with Crippen molar-refractivity contribution in [3.8, 4) is 0 Å². The van der Waals surface area contributed by atoms with Crippen molar-refractivity contribution < 1.29 is 19.0 Å². The van der Waals surface area contributed by atoms with Crippen molar-refractivity contribution in [2.24, 2.45) is 5.92 Å². The molecule has 0 bridgehead atoms. The first-order valence-corrected chi connectivity index (χ1v) is 10.8. The lowest BCUT2D eigenvalue weighted by Crippen LogP contribution is -2.37. The Balaban J connectivity index is 1.69. The van der Waals surface area contributed by atoms with E-state index in [1.165, 1.54) is 7.11 Å². The van der Waals surface area contributed by atoms with Crippen molar-refractivity contribution in [3.05, 3.63) is 35.5 Å². The van der Waals surface area contributed by atoms with E-state index in [9.17, 15) is 4.79 Å². The average molecular weight is 436 g/mol. The molecule has 1 aliphatic carbocycles. The number of para-hydroxylation sites is 1. The van der Waals surface area contributed by atoms with Crippen LogP contribution in [0.25, 0.3) is 10.9 Å². The van der Waals surface area contributed by atoms with Crippen LogP contribution in [0.3, 0.4) is 0 Å². The van der Waals surface area contributed by atoms with Crippen LogP contribution in [0.5, 0.6) is 0 Å². The van der Waals surface area contributed by atoms with Crippen LogP contribution in [-0.4, -0.2) is 36.6 Å². The molecule has 4 rings (SSSR count). The van der Waals surface area contributed by atoms with Crippen LogP contribution < -0.4 is 0 Å². The maximum Gasteiger partial charge on any atom is 0.340 e. The molecule has 2 heterocycles. The van der Waals surface area contributed by atoms with Crippen LogP contribution in [0.4, 0.5) is 0 Å². The van der Waals surface area contributed by atoms with E-state index >= 15 is 0 Å². The fraction of sp³-hybridized carbons (Fsp3) is 0.571. The molecule has 146 valence electrons. The predicted molar refractivity (Wildman–Crippen MR) is 107 cm³/mol. The Bertz CT molecular complexity index is 830. The van der Waals surface area contributed by atoms with Crippen molar-refractivity contribution >= 4 is 32.8 Å². The van der Waals surface area contributed by atoms with Crippen molar-refractivity contribution in [2.45, 2.75) is 49.8 Å². The molecule has 2 aliphatic rings. The average Bonchev–Trinajstić information content (AvgIpc) is 3.29. The van der Waals surface area contributed by atoms with Crippen molar-refractivity contribution in [3.63, 3.8) is 0 Å². The Hall–Kier alpha value is -1.37. The maximum atomic E-state index is 12.5. The highest BCUT2D eigenvalue weighted by molar-refractivity contribution is 9.08. The summed E-state index contributed by atoms with van der Waals surface area (Å²) in [4.78, 5) is 12.5. The van der Waals surface area contributed by atoms with E-state index in [-0.39, 0.29) is 17.8 Å². The second kappa shape index (κ2) is 7.57. The number of methoxy groups -OCH3 is 1. The number of aromatic nitrogens is 1. The Morgan fingerprint density at radius 1 is 1.30 bits per heavy atom. The van der Waals surface area contributed by atoms with Crippen molar-refractivity contribution in [2.75, 3.05) is 20.3 Å². The fourth-order valence-electron chi connectivity index (χ4n) is 4.80. The van der Waals surface area contributed by atoms with Gasteiger partial charge < -0.3 is 18.8 Å². The molecule has 1 aromatic heterocycles. The second-order valence-corrected chi connectivity index (χ2v) is 8.08. The highest BCUT2D eigenvalue weighted by Crippen LogP contribution is 2.44. The highest BCUT2D eigenvalue weighted by Gasteiger charge is 2.42. The molecule has 0 unspecified atom stereocenters. The van der Waals surface area contributed by atoms with Crippen molar-refractivity contribution in [1.82, 2.24) is 4.57 Å². The minimum Gasteiger partial charge on any atom is -0.465 e. The Labute approximate surface area is 168 Å². The Kier molecular flexibility index (Phi) is 5.32. The standard InChI is InChI=1S/C21H26BrNO4/c1-14(15-7-9-21(10-8-15)26-11-12-27-21)23-17-6-4-3-5-16(17)19(18(23)13-22)20(24)25-2/h3-6,14-15H,7-13H2,1-2H3/t14-/m1/s1. The number of carbonyl (C=O) groups excluding carboxylic acids is 1. The van der Waals surface area contributed by atoms with Crippen LogP contribution in [0.15, 0.2) is 24.3 Å². The quantitative estimate of drug-likeness (QED) is 0.510. The van der Waals surface area contributed by atoms with E-state index < -0.39 is 0 Å². The first-order valence-electron chi connectivity index (χ1n) is 9.64. The molecule has 0 amide bonds. The van der Waals surface area contributed by atoms with Gasteiger partial charge in [0.15, 0.2) is 5.79 Å². The molecule has 0 radical (unpaired) electrons. The van der Waals surface area contributed by atoms with E-state index in [1.54, 1.807) is 0 Å². The third-order valence-electron chi connectivity index (χ3n) is 6.22. The SMILES string of the molecule is COC(=O)c1c(CBr)n([C@H](C)C2CCC3(CC2)OCCO3)c2ccccc12. The number of esters is 1. The van der Waals surface area contributed by atoms with Gasteiger partial charge in [-0.1, -0.05) is 34.1 Å². The number of rotatable bonds is 4. The monoisotopic (exact) mass is 435 g/mol. The molecule has 2 aromatic rings. The van der Waals surface area contributed by atoms with E-state index in [1.807, 2.05) is 18.2 Å². The van der Waals surface area contributed by atoms with E-state index in [4.69, 9.17) is 14.2 Å². The summed E-state index contributed by atoms with van der Waals surface area (Å²) in [6.07, 6.45) is 4.00. The van der Waals surface area contributed by atoms with Gasteiger partial charge in [-0.15, -0.1) is 0 Å². The zero-order valence-corrected chi connectivity index (χ0v) is 17.5. The van der Waals surface area contributed by atoms with E-state index in [2.05, 4.69) is 33.5 Å². The van der Waals surface area contributed by atoms with Gasteiger partial charge in [0.2, 0.25) is 0 Å². The van der Waals surface area contributed by atoms with Gasteiger partial charge in [-0.2, -0.15) is 0 Å². The Morgan fingerprint density at radius 2 is 1.96 bits per heavy atom. The minimum absolute atomic E-state index is 0.276. The van der Waals surface area contributed by atoms with E-state index in [0.29, 0.717) is 30.0 Å². The van der Waals surface area contributed by atoms with Crippen LogP contribution >= 0.6 is 15.9 Å². The number of hydrogen-bond acceptors (Lipinski definition) is 4. The maximum absolute atomic E-state index is 12.5. The first kappa shape index (κ1) is 19.0. The molecule has 1 aromatic carbocycles. The zero-order valence-electron chi connectivity index (χ0n) is 15.9. The molecular formula is C21H26BrNO4. The summed E-state index contributed by atoms with van der Waals surface area (Å²) in [7, 11) is 1.44. The van der Waals surface area contributed by atoms with Gasteiger partial charge in [0.1, 0.15) is 0 Å². The van der Waals surface area contributed by atoms with Crippen LogP contribution in [0.1, 0.15) is 54.7 Å². The van der Waals surface area contributed by atoms with E-state index in [0.717, 1.165) is 42.3 Å². The lowest BCUT2D eigenvalue weighted by atomic mass is 9.81. The molecule has 27 heavy (non-hydrogen) atoms. The number of carbonyl (C=O) groups is 1. The van der Waals surface area contributed by atoms with Gasteiger partial charge >= 0.3 is 5.97 Å². The lowest BCUT2D eigenvalue weighted by Gasteiger charge is -2.38. The number of nitrogens with zero attached hydrogens (tertiary/aromatic N) is 1. The molecule has 6 heteroatoms. The molecule has 1 saturated carbocycles. The number of fused-ring (bicyclic) bond motifs is 1. The van der Waals surface area contributed by atoms with Gasteiger partial charge in [0.25, 0.3) is 0 Å². The number of ether oxygens (including phenoxy) is 3. The van der Waals surface area contributed by atoms with Gasteiger partial charge in [-0.25, -0.2) is 4.79 Å². The van der Waals surface area contributed by atoms with Crippen LogP contribution in [-0.2, 0) is 19.5 Å². The molecule has 5 nitrogen and oxygen atoms in total. The summed E-state index contributed by atoms with van der Waals surface area (Å²) >= 11 is 3.61. The number of halogens is 1. The fourth-order valence-corrected chi connectivity index (χ4v) is 5.35. The molecular weight excluding hydrogens is 410 g/mol. The summed E-state index contributed by atoms with van der Waals surface area (Å²) in [5.74, 6) is -0.103. The van der Waals surface area contributed by atoms with Gasteiger partial charge in [-0.3, -0.25) is 0 Å². The largest absolute Gasteiger partial charge is 0.465 e. The number of hydrogen-bond donors (Lipinski definition) is 0. The first-order chi connectivity index (χ1) is 13.1. The predicted octanol–water partition coefficient (Wildman–Crippen LogP) is 4.82. The normalized spacial score (nSPS) is 21.0. The Morgan fingerprint density at radius 3 is 2.59 bits per heavy atom. The lowest BCUT2D eigenvalue weighted by molar-refractivity contribution is -0.184. The van der Waals surface area contributed by atoms with Gasteiger partial charge in [-0.05, 0) is 31.7 Å². The summed E-state index contributed by atoms with van der Waals surface area (Å²) in [6, 6.07) is 8.38. The number of benzene rings is 1. The highest BCUT2D eigenvalue weighted by atomic mass is 79.9. The molecule has 1 atom stereocenters. The molecule has 1 saturated heterocycles. The van der Waals surface area contributed by atoms with Crippen molar-refractivity contribution in [1.29, 1.82) is 0 Å². The zero-order chi connectivity index (χ0) is 19.0. The molecule has 0 N–H and O–H groups in total.